The summed E-state index contributed by atoms with van der Waals surface area (Å²) in [6.45, 7) is 7.36. The molecule has 0 radical (unpaired) electrons. The van der Waals surface area contributed by atoms with Gasteiger partial charge in [-0.3, -0.25) is 18.9 Å². The lowest BCUT2D eigenvalue weighted by Crippen LogP contribution is -2.53. The van der Waals surface area contributed by atoms with Crippen molar-refractivity contribution < 1.29 is 52.0 Å². The summed E-state index contributed by atoms with van der Waals surface area (Å²) >= 11 is 0. The van der Waals surface area contributed by atoms with E-state index in [-0.39, 0.29) is 23.2 Å². The first-order valence-corrected chi connectivity index (χ1v) is 19.7. The van der Waals surface area contributed by atoms with Crippen LogP contribution in [-0.4, -0.2) is 109 Å². The van der Waals surface area contributed by atoms with Crippen LogP contribution in [-0.2, 0) is 19.7 Å². The van der Waals surface area contributed by atoms with Gasteiger partial charge in [-0.25, -0.2) is 9.37 Å². The van der Waals surface area contributed by atoms with Gasteiger partial charge in [0.15, 0.2) is 24.7 Å². The number of carboxylic acids is 3. The average molecular weight is 705 g/mol. The fourth-order valence-corrected chi connectivity index (χ4v) is 10.2. The van der Waals surface area contributed by atoms with E-state index >= 15 is 0 Å². The summed E-state index contributed by atoms with van der Waals surface area (Å²) in [4.78, 5) is 50.8. The Labute approximate surface area is 282 Å². The van der Waals surface area contributed by atoms with Crippen LogP contribution in [0.3, 0.4) is 0 Å². The highest BCUT2D eigenvalue weighted by atomic mass is 32.2. The van der Waals surface area contributed by atoms with Crippen LogP contribution in [0.15, 0.2) is 77.7 Å². The minimum atomic E-state index is -4.32. The fourth-order valence-electron chi connectivity index (χ4n) is 6.72. The van der Waals surface area contributed by atoms with E-state index in [4.69, 9.17) is 4.55 Å². The molecule has 1 unspecified atom stereocenters. The van der Waals surface area contributed by atoms with E-state index < -0.39 is 59.6 Å². The molecule has 5 N–H and O–H groups in total. The lowest BCUT2D eigenvalue weighted by molar-refractivity contribution is -0.597. The molecule has 2 aromatic carbocycles. The molecule has 13 nitrogen and oxygen atoms in total. The smallest absolute Gasteiger partial charge is 0.336 e. The molecule has 15 heteroatoms. The molecule has 0 saturated carbocycles. The number of aliphatic carboxylic acids is 2. The molecule has 1 atom stereocenters. The Morgan fingerprint density at radius 1 is 1.00 bits per heavy atom. The van der Waals surface area contributed by atoms with Gasteiger partial charge in [-0.1, -0.05) is 18.3 Å². The van der Waals surface area contributed by atoms with Crippen molar-refractivity contribution in [3.63, 3.8) is 0 Å². The fraction of sp³-hybridized carbons (Fsp3) is 0.265. The predicted molar refractivity (Wildman–Crippen MR) is 183 cm³/mol. The van der Waals surface area contributed by atoms with Gasteiger partial charge in [-0.15, -0.1) is 6.58 Å². The summed E-state index contributed by atoms with van der Waals surface area (Å²) in [6.07, 6.45) is 5.76. The number of nitrogens with one attached hydrogen (secondary N) is 1. The molecule has 0 spiro atoms. The van der Waals surface area contributed by atoms with Crippen molar-refractivity contribution in [1.82, 2.24) is 5.32 Å². The van der Waals surface area contributed by atoms with E-state index in [9.17, 15) is 42.9 Å². The molecular formula is C34H34N3O10SSi+. The Morgan fingerprint density at radius 3 is 2.31 bits per heavy atom. The first-order chi connectivity index (χ1) is 23.1. The van der Waals surface area contributed by atoms with Crippen molar-refractivity contribution >= 4 is 64.2 Å². The normalized spacial score (nSPS) is 21.6. The van der Waals surface area contributed by atoms with Gasteiger partial charge in [-0.2, -0.15) is 8.42 Å². The molecule has 3 heterocycles. The summed E-state index contributed by atoms with van der Waals surface area (Å²) in [5, 5.41) is 33.5. The molecule has 2 saturated heterocycles. The van der Waals surface area contributed by atoms with E-state index in [1.807, 2.05) is 51.6 Å². The summed E-state index contributed by atoms with van der Waals surface area (Å²) in [5.41, 5.74) is 5.83. The van der Waals surface area contributed by atoms with Crippen molar-refractivity contribution in [3.05, 3.63) is 99.9 Å². The number of hydrogen-bond donors (Lipinski definition) is 5. The maximum absolute atomic E-state index is 13.1. The predicted octanol–water partition coefficient (Wildman–Crippen LogP) is 1.55. The zero-order chi connectivity index (χ0) is 35.4. The first kappa shape index (κ1) is 33.8. The number of anilines is 1. The topological polar surface area (TPSA) is 202 Å². The van der Waals surface area contributed by atoms with Crippen LogP contribution in [0.1, 0.15) is 31.8 Å². The summed E-state index contributed by atoms with van der Waals surface area (Å²) in [6, 6.07) is 9.87. The van der Waals surface area contributed by atoms with E-state index in [1.165, 1.54) is 18.2 Å². The molecule has 0 bridgehead atoms. The maximum atomic E-state index is 13.1. The summed E-state index contributed by atoms with van der Waals surface area (Å²) in [7, 11) is -7.12. The van der Waals surface area contributed by atoms with Crippen molar-refractivity contribution in [1.29, 1.82) is 0 Å². The first-order valence-electron chi connectivity index (χ1n) is 15.5. The van der Waals surface area contributed by atoms with Crippen LogP contribution in [0.5, 0.6) is 0 Å². The summed E-state index contributed by atoms with van der Waals surface area (Å²) < 4.78 is 33.4. The Balaban J connectivity index is 1.54. The van der Waals surface area contributed by atoms with E-state index in [2.05, 4.69) is 18.4 Å². The van der Waals surface area contributed by atoms with Gasteiger partial charge in [0.25, 0.3) is 16.0 Å². The number of carbonyl (C=O) groups is 4. The zero-order valence-electron chi connectivity index (χ0n) is 26.4. The van der Waals surface area contributed by atoms with Crippen molar-refractivity contribution in [2.75, 3.05) is 43.4 Å². The highest BCUT2D eigenvalue weighted by Gasteiger charge is 2.45. The number of fused-ring (bicyclic) bond motifs is 2. The number of nitrogens with zero attached hydrogens (tertiary/aromatic N) is 2. The second kappa shape index (κ2) is 12.4. The van der Waals surface area contributed by atoms with Gasteiger partial charge in [-0.05, 0) is 69.1 Å². The number of benzene rings is 2. The number of hydrogen-bond acceptors (Lipinski definition) is 7. The molecule has 6 rings (SSSR count). The van der Waals surface area contributed by atoms with Crippen molar-refractivity contribution in [3.8, 4) is 0 Å². The molecule has 3 aliphatic heterocycles. The van der Waals surface area contributed by atoms with Gasteiger partial charge in [0.1, 0.15) is 8.07 Å². The number of amides is 1. The monoisotopic (exact) mass is 704 g/mol. The van der Waals surface area contributed by atoms with Crippen molar-refractivity contribution in [2.45, 2.75) is 6.55 Å². The molecule has 2 fully saturated rings. The minimum Gasteiger partial charge on any atom is -0.481 e. The third kappa shape index (κ3) is 6.16. The molecular weight excluding hydrogens is 671 g/mol. The van der Waals surface area contributed by atoms with Gasteiger partial charge in [0.05, 0.1) is 17.2 Å². The second-order valence-corrected chi connectivity index (χ2v) is 18.2. The average Bonchev–Trinajstić information content (AvgIpc) is 2.98. The van der Waals surface area contributed by atoms with Gasteiger partial charge < -0.3 is 25.5 Å². The lowest BCUT2D eigenvalue weighted by Gasteiger charge is -2.42. The van der Waals surface area contributed by atoms with Crippen LogP contribution in [0.25, 0.3) is 5.57 Å². The van der Waals surface area contributed by atoms with Gasteiger partial charge in [0, 0.05) is 43.0 Å². The van der Waals surface area contributed by atoms with Gasteiger partial charge in [0.2, 0.25) is 0 Å². The molecule has 1 amide bonds. The van der Waals surface area contributed by atoms with Crippen LogP contribution in [0.2, 0.25) is 6.55 Å². The Morgan fingerprint density at radius 2 is 1.69 bits per heavy atom. The zero-order valence-corrected chi connectivity index (χ0v) is 28.2. The van der Waals surface area contributed by atoms with E-state index in [1.54, 1.807) is 0 Å². The lowest BCUT2D eigenvalue weighted by atomic mass is 9.86. The maximum Gasteiger partial charge on any atom is 0.336 e. The number of carboxylic acid groups (broad SMARTS) is 3. The third-order valence-corrected chi connectivity index (χ3v) is 14.3. The van der Waals surface area contributed by atoms with Crippen LogP contribution in [0.4, 0.5) is 5.69 Å². The molecule has 254 valence electrons. The van der Waals surface area contributed by atoms with E-state index in [0.717, 1.165) is 32.9 Å². The highest BCUT2D eigenvalue weighted by Crippen LogP contribution is 2.44. The van der Waals surface area contributed by atoms with Crippen LogP contribution >= 0.6 is 0 Å². The standard InChI is InChI=1S/C34H33N3O10SSi/c1-3-49(2)28-13-22(36-15-20(16-36)32(39)40)5-8-25(28)30(26-9-6-23(14-29(26)49)37-17-21(18-37)33(41)42)27-12-19(4-7-24(27)34(43)44)31(38)35-10-11-48(45,46)47/h3-9,12-14,20-21H,1,10-11,15-18H2,2H3,(H4-,35,38,39,40,41,42,43,44,45,46,47)/p+1. The van der Waals surface area contributed by atoms with E-state index in [0.29, 0.717) is 31.8 Å². The Bertz CT molecular complexity index is 2090. The Hall–Kier alpha value is -5.12. The number of allylic oxidation sites excluding steroid dienone is 5. The quantitative estimate of drug-likeness (QED) is 0.137. The summed E-state index contributed by atoms with van der Waals surface area (Å²) in [5.74, 6) is -5.29. The highest BCUT2D eigenvalue weighted by molar-refractivity contribution is 7.85. The second-order valence-electron chi connectivity index (χ2n) is 12.7. The van der Waals surface area contributed by atoms with Crippen LogP contribution in [0, 0.1) is 11.8 Å². The SMILES string of the molecule is C=C[Si]1(C)C2=CC(=[N+]3CC(C(=O)O)C3)C=CC2=C(c2cc(C(=O)NCCS(=O)(=O)O)ccc2C(=O)O)c2ccc(N3CC(C(=O)O)C3)cc21. The van der Waals surface area contributed by atoms with Crippen LogP contribution < -0.4 is 15.4 Å². The molecule has 4 aliphatic rings. The number of carbonyl (C=O) groups excluding carboxylic acids is 1. The molecule has 1 aliphatic carbocycles. The number of aromatic carboxylic acids is 1. The minimum absolute atomic E-state index is 0.0718. The Kier molecular flexibility index (Phi) is 8.54. The van der Waals surface area contributed by atoms with Crippen molar-refractivity contribution in [2.24, 2.45) is 11.8 Å². The molecule has 0 aromatic heterocycles. The largest absolute Gasteiger partial charge is 0.481 e. The number of rotatable bonds is 10. The molecule has 2 aromatic rings. The third-order valence-electron chi connectivity index (χ3n) is 9.69. The molecule has 49 heavy (non-hydrogen) atoms. The van der Waals surface area contributed by atoms with Gasteiger partial charge >= 0.3 is 17.9 Å².